The van der Waals surface area contributed by atoms with Crippen LogP contribution in [0, 0.1) is 5.92 Å². The molecule has 0 saturated carbocycles. The lowest BCUT2D eigenvalue weighted by Crippen LogP contribution is -2.14. The summed E-state index contributed by atoms with van der Waals surface area (Å²) in [5.74, 6) is 0.614. The van der Waals surface area contributed by atoms with Gasteiger partial charge in [-0.3, -0.25) is 0 Å². The third kappa shape index (κ3) is 2.86. The van der Waals surface area contributed by atoms with Crippen molar-refractivity contribution in [3.8, 4) is 0 Å². The lowest BCUT2D eigenvalue weighted by Gasteiger charge is -2.12. The molecular formula is C11H15BrN2O. The number of nitrogens with two attached hydrogens (primary N) is 1. The fourth-order valence-corrected chi connectivity index (χ4v) is 2.04. The van der Waals surface area contributed by atoms with E-state index in [0.29, 0.717) is 5.92 Å². The summed E-state index contributed by atoms with van der Waals surface area (Å²) in [7, 11) is 0. The van der Waals surface area contributed by atoms with Crippen molar-refractivity contribution in [2.24, 2.45) is 5.92 Å². The Morgan fingerprint density at radius 2 is 2.40 bits per heavy atom. The van der Waals surface area contributed by atoms with E-state index in [0.717, 1.165) is 42.0 Å². The van der Waals surface area contributed by atoms with Crippen LogP contribution in [-0.2, 0) is 4.74 Å². The van der Waals surface area contributed by atoms with Crippen molar-refractivity contribution < 1.29 is 4.74 Å². The second kappa shape index (κ2) is 4.86. The SMILES string of the molecule is Nc1ccc(Br)cc1NCC1CCOC1. The molecule has 2 rings (SSSR count). The summed E-state index contributed by atoms with van der Waals surface area (Å²) in [5, 5.41) is 3.36. The van der Waals surface area contributed by atoms with Crippen LogP contribution in [0.25, 0.3) is 0 Å². The molecule has 1 aromatic carbocycles. The first-order chi connectivity index (χ1) is 7.25. The average Bonchev–Trinajstić information content (AvgIpc) is 2.72. The fraction of sp³-hybridized carbons (Fsp3) is 0.455. The van der Waals surface area contributed by atoms with E-state index in [-0.39, 0.29) is 0 Å². The van der Waals surface area contributed by atoms with E-state index < -0.39 is 0 Å². The molecule has 0 amide bonds. The molecule has 82 valence electrons. The van der Waals surface area contributed by atoms with Crippen molar-refractivity contribution >= 4 is 27.3 Å². The minimum Gasteiger partial charge on any atom is -0.397 e. The Kier molecular flexibility index (Phi) is 3.49. The van der Waals surface area contributed by atoms with Gasteiger partial charge < -0.3 is 15.8 Å². The van der Waals surface area contributed by atoms with Gasteiger partial charge in [0, 0.05) is 23.5 Å². The number of hydrogen-bond donors (Lipinski definition) is 2. The number of nitrogens with one attached hydrogen (secondary N) is 1. The van der Waals surface area contributed by atoms with Gasteiger partial charge in [-0.2, -0.15) is 0 Å². The minimum atomic E-state index is 0.614. The second-order valence-corrected chi connectivity index (χ2v) is 4.76. The lowest BCUT2D eigenvalue weighted by molar-refractivity contribution is 0.187. The van der Waals surface area contributed by atoms with Gasteiger partial charge in [0.25, 0.3) is 0 Å². The maximum Gasteiger partial charge on any atom is 0.0585 e. The van der Waals surface area contributed by atoms with Crippen molar-refractivity contribution in [2.75, 3.05) is 30.8 Å². The van der Waals surface area contributed by atoms with Gasteiger partial charge in [-0.1, -0.05) is 15.9 Å². The van der Waals surface area contributed by atoms with E-state index in [1.165, 1.54) is 0 Å². The summed E-state index contributed by atoms with van der Waals surface area (Å²) < 4.78 is 6.36. The molecule has 0 spiro atoms. The lowest BCUT2D eigenvalue weighted by atomic mass is 10.1. The van der Waals surface area contributed by atoms with E-state index >= 15 is 0 Å². The molecule has 3 nitrogen and oxygen atoms in total. The third-order valence-corrected chi connectivity index (χ3v) is 3.11. The van der Waals surface area contributed by atoms with Gasteiger partial charge in [0.1, 0.15) is 0 Å². The predicted octanol–water partition coefficient (Wildman–Crippen LogP) is 2.48. The van der Waals surface area contributed by atoms with Crippen LogP contribution < -0.4 is 11.1 Å². The standard InChI is InChI=1S/C11H15BrN2O/c12-9-1-2-10(13)11(5-9)14-6-8-3-4-15-7-8/h1-2,5,8,14H,3-4,6-7,13H2. The summed E-state index contributed by atoms with van der Waals surface area (Å²) in [6.45, 7) is 2.68. The highest BCUT2D eigenvalue weighted by Gasteiger charge is 2.15. The number of benzene rings is 1. The number of anilines is 2. The van der Waals surface area contributed by atoms with Gasteiger partial charge in [-0.25, -0.2) is 0 Å². The van der Waals surface area contributed by atoms with Gasteiger partial charge in [0.15, 0.2) is 0 Å². The van der Waals surface area contributed by atoms with Gasteiger partial charge in [0.05, 0.1) is 18.0 Å². The number of nitrogen functional groups attached to an aromatic ring is 1. The Morgan fingerprint density at radius 1 is 1.53 bits per heavy atom. The predicted molar refractivity (Wildman–Crippen MR) is 66.0 cm³/mol. The number of rotatable bonds is 3. The fourth-order valence-electron chi connectivity index (χ4n) is 1.68. The Morgan fingerprint density at radius 3 is 3.13 bits per heavy atom. The Hall–Kier alpha value is -0.740. The van der Waals surface area contributed by atoms with Gasteiger partial charge in [-0.05, 0) is 24.6 Å². The molecule has 1 unspecified atom stereocenters. The normalized spacial score (nSPS) is 20.5. The first-order valence-electron chi connectivity index (χ1n) is 5.12. The maximum absolute atomic E-state index is 5.86. The van der Waals surface area contributed by atoms with Crippen LogP contribution in [0.5, 0.6) is 0 Å². The number of halogens is 1. The van der Waals surface area contributed by atoms with Crippen LogP contribution >= 0.6 is 15.9 Å². The van der Waals surface area contributed by atoms with Crippen LogP contribution in [0.1, 0.15) is 6.42 Å². The first kappa shape index (κ1) is 10.8. The number of ether oxygens (including phenoxy) is 1. The molecule has 4 heteroatoms. The van der Waals surface area contributed by atoms with E-state index in [9.17, 15) is 0 Å². The molecule has 1 fully saturated rings. The molecule has 3 N–H and O–H groups in total. The van der Waals surface area contributed by atoms with Crippen molar-refractivity contribution in [3.63, 3.8) is 0 Å². The average molecular weight is 271 g/mol. The van der Waals surface area contributed by atoms with Crippen LogP contribution in [0.3, 0.4) is 0 Å². The van der Waals surface area contributed by atoms with Crippen LogP contribution in [0.2, 0.25) is 0 Å². The molecule has 1 atom stereocenters. The Balaban J connectivity index is 1.94. The highest BCUT2D eigenvalue weighted by Crippen LogP contribution is 2.24. The van der Waals surface area contributed by atoms with E-state index in [4.69, 9.17) is 10.5 Å². The van der Waals surface area contributed by atoms with Crippen LogP contribution in [0.15, 0.2) is 22.7 Å². The van der Waals surface area contributed by atoms with Crippen molar-refractivity contribution in [1.82, 2.24) is 0 Å². The molecule has 1 aliphatic rings. The Bertz CT molecular complexity index is 337. The molecule has 1 aromatic rings. The molecule has 15 heavy (non-hydrogen) atoms. The quantitative estimate of drug-likeness (QED) is 0.830. The summed E-state index contributed by atoms with van der Waals surface area (Å²) in [5.41, 5.74) is 7.65. The monoisotopic (exact) mass is 270 g/mol. The third-order valence-electron chi connectivity index (χ3n) is 2.62. The topological polar surface area (TPSA) is 47.3 Å². The van der Waals surface area contributed by atoms with Gasteiger partial charge in [-0.15, -0.1) is 0 Å². The van der Waals surface area contributed by atoms with Crippen molar-refractivity contribution in [2.45, 2.75) is 6.42 Å². The smallest absolute Gasteiger partial charge is 0.0585 e. The largest absolute Gasteiger partial charge is 0.397 e. The molecule has 0 aromatic heterocycles. The van der Waals surface area contributed by atoms with Crippen LogP contribution in [-0.4, -0.2) is 19.8 Å². The van der Waals surface area contributed by atoms with Gasteiger partial charge >= 0.3 is 0 Å². The number of hydrogen-bond acceptors (Lipinski definition) is 3. The highest BCUT2D eigenvalue weighted by molar-refractivity contribution is 9.10. The van der Waals surface area contributed by atoms with Crippen molar-refractivity contribution in [1.29, 1.82) is 0 Å². The molecule has 1 aliphatic heterocycles. The van der Waals surface area contributed by atoms with E-state index in [1.54, 1.807) is 0 Å². The summed E-state index contributed by atoms with van der Waals surface area (Å²) >= 11 is 3.43. The summed E-state index contributed by atoms with van der Waals surface area (Å²) in [6.07, 6.45) is 1.14. The molecule has 0 radical (unpaired) electrons. The molecular weight excluding hydrogens is 256 g/mol. The maximum atomic E-state index is 5.86. The molecule has 0 aliphatic carbocycles. The van der Waals surface area contributed by atoms with Gasteiger partial charge in [0.2, 0.25) is 0 Å². The van der Waals surface area contributed by atoms with Crippen LogP contribution in [0.4, 0.5) is 11.4 Å². The zero-order valence-corrected chi connectivity index (χ0v) is 10.1. The second-order valence-electron chi connectivity index (χ2n) is 3.84. The molecule has 1 saturated heterocycles. The summed E-state index contributed by atoms with van der Waals surface area (Å²) in [6, 6.07) is 5.85. The minimum absolute atomic E-state index is 0.614. The van der Waals surface area contributed by atoms with Crippen molar-refractivity contribution in [3.05, 3.63) is 22.7 Å². The highest BCUT2D eigenvalue weighted by atomic mass is 79.9. The molecule has 0 bridgehead atoms. The zero-order chi connectivity index (χ0) is 10.7. The zero-order valence-electron chi connectivity index (χ0n) is 8.50. The molecule has 1 heterocycles. The first-order valence-corrected chi connectivity index (χ1v) is 5.91. The summed E-state index contributed by atoms with van der Waals surface area (Å²) in [4.78, 5) is 0. The van der Waals surface area contributed by atoms with E-state index in [2.05, 4.69) is 21.2 Å². The Labute approximate surface area is 98.1 Å². The van der Waals surface area contributed by atoms with E-state index in [1.807, 2.05) is 18.2 Å².